The molecule has 0 N–H and O–H groups in total. The number of rotatable bonds is 3. The van der Waals surface area contributed by atoms with Crippen LogP contribution in [0.15, 0.2) is 41.9 Å². The first kappa shape index (κ1) is 10.8. The molecule has 0 bridgehead atoms. The molecule has 0 atom stereocenters. The Hall–Kier alpha value is -1.68. The maximum atomic E-state index is 12.1. The summed E-state index contributed by atoms with van der Waals surface area (Å²) in [6.07, 6.45) is 1.65. The van der Waals surface area contributed by atoms with Crippen molar-refractivity contribution in [1.82, 2.24) is 4.98 Å². The number of aromatic nitrogens is 1. The smallest absolute Gasteiger partial charge is 0.287 e. The number of anilines is 1. The van der Waals surface area contributed by atoms with Crippen molar-refractivity contribution in [2.45, 2.75) is 6.92 Å². The summed E-state index contributed by atoms with van der Waals surface area (Å²) in [7, 11) is 0. The van der Waals surface area contributed by atoms with E-state index in [1.54, 1.807) is 11.1 Å². The Morgan fingerprint density at radius 3 is 2.69 bits per heavy atom. The standard InChI is InChI=1S/C12H12N2OS/c1-2-14(10-6-4-3-5-7-10)12(15)11-13-8-9-16-11/h3-9H,2H2,1H3. The minimum Gasteiger partial charge on any atom is -0.307 e. The first-order valence-corrected chi connectivity index (χ1v) is 5.97. The quantitative estimate of drug-likeness (QED) is 0.815. The van der Waals surface area contributed by atoms with Crippen molar-refractivity contribution in [3.63, 3.8) is 0 Å². The molecule has 0 spiro atoms. The molecule has 0 saturated carbocycles. The van der Waals surface area contributed by atoms with Crippen LogP contribution in [0.5, 0.6) is 0 Å². The fourth-order valence-electron chi connectivity index (χ4n) is 1.50. The van der Waals surface area contributed by atoms with Gasteiger partial charge in [-0.3, -0.25) is 4.79 Å². The van der Waals surface area contributed by atoms with Gasteiger partial charge in [-0.2, -0.15) is 0 Å². The lowest BCUT2D eigenvalue weighted by atomic mass is 10.3. The summed E-state index contributed by atoms with van der Waals surface area (Å²) in [5, 5.41) is 2.34. The normalized spacial score (nSPS) is 10.1. The molecular weight excluding hydrogens is 220 g/mol. The number of nitrogens with zero attached hydrogens (tertiary/aromatic N) is 2. The second kappa shape index (κ2) is 4.90. The second-order valence-corrected chi connectivity index (χ2v) is 4.12. The van der Waals surface area contributed by atoms with E-state index in [1.807, 2.05) is 42.6 Å². The topological polar surface area (TPSA) is 33.2 Å². The Balaban J connectivity index is 2.27. The van der Waals surface area contributed by atoms with E-state index < -0.39 is 0 Å². The molecule has 0 radical (unpaired) electrons. The highest BCUT2D eigenvalue weighted by molar-refractivity contribution is 7.11. The van der Waals surface area contributed by atoms with Gasteiger partial charge in [-0.1, -0.05) is 18.2 Å². The largest absolute Gasteiger partial charge is 0.307 e. The molecule has 1 aromatic carbocycles. The maximum absolute atomic E-state index is 12.1. The number of hydrogen-bond donors (Lipinski definition) is 0. The van der Waals surface area contributed by atoms with Gasteiger partial charge in [0, 0.05) is 23.8 Å². The van der Waals surface area contributed by atoms with Crippen LogP contribution in [0.1, 0.15) is 16.7 Å². The van der Waals surface area contributed by atoms with Crippen molar-refractivity contribution in [3.05, 3.63) is 46.9 Å². The van der Waals surface area contributed by atoms with Crippen molar-refractivity contribution in [2.24, 2.45) is 0 Å². The molecule has 3 nitrogen and oxygen atoms in total. The number of carbonyl (C=O) groups excluding carboxylic acids is 1. The van der Waals surface area contributed by atoms with Crippen LogP contribution in [0.4, 0.5) is 5.69 Å². The van der Waals surface area contributed by atoms with Crippen LogP contribution in [0, 0.1) is 0 Å². The van der Waals surface area contributed by atoms with E-state index in [9.17, 15) is 4.79 Å². The molecule has 1 heterocycles. The van der Waals surface area contributed by atoms with Crippen LogP contribution in [-0.2, 0) is 0 Å². The minimum absolute atomic E-state index is 0.0382. The molecular formula is C12H12N2OS. The number of para-hydroxylation sites is 1. The van der Waals surface area contributed by atoms with E-state index in [1.165, 1.54) is 11.3 Å². The number of amides is 1. The summed E-state index contributed by atoms with van der Waals surface area (Å²) in [5.74, 6) is -0.0382. The van der Waals surface area contributed by atoms with Crippen LogP contribution in [-0.4, -0.2) is 17.4 Å². The van der Waals surface area contributed by atoms with Gasteiger partial charge in [-0.15, -0.1) is 11.3 Å². The highest BCUT2D eigenvalue weighted by Gasteiger charge is 2.17. The fraction of sp³-hybridized carbons (Fsp3) is 0.167. The molecule has 82 valence electrons. The molecule has 0 aliphatic carbocycles. The van der Waals surface area contributed by atoms with Crippen molar-refractivity contribution in [2.75, 3.05) is 11.4 Å². The first-order chi connectivity index (χ1) is 7.83. The Kier molecular flexibility index (Phi) is 3.31. The third-order valence-corrected chi connectivity index (χ3v) is 3.01. The Bertz CT molecular complexity index is 453. The number of carbonyl (C=O) groups is 1. The van der Waals surface area contributed by atoms with Crippen LogP contribution < -0.4 is 4.90 Å². The monoisotopic (exact) mass is 232 g/mol. The van der Waals surface area contributed by atoms with Gasteiger partial charge in [-0.05, 0) is 19.1 Å². The molecule has 0 aliphatic rings. The third-order valence-electron chi connectivity index (χ3n) is 2.24. The molecule has 0 fully saturated rings. The van der Waals surface area contributed by atoms with Gasteiger partial charge in [0.15, 0.2) is 5.01 Å². The second-order valence-electron chi connectivity index (χ2n) is 3.22. The van der Waals surface area contributed by atoms with Gasteiger partial charge in [0.05, 0.1) is 0 Å². The molecule has 0 saturated heterocycles. The highest BCUT2D eigenvalue weighted by atomic mass is 32.1. The zero-order valence-corrected chi connectivity index (χ0v) is 9.78. The lowest BCUT2D eigenvalue weighted by Gasteiger charge is -2.19. The van der Waals surface area contributed by atoms with Gasteiger partial charge < -0.3 is 4.90 Å². The van der Waals surface area contributed by atoms with E-state index >= 15 is 0 Å². The van der Waals surface area contributed by atoms with E-state index in [-0.39, 0.29) is 5.91 Å². The van der Waals surface area contributed by atoms with Crippen molar-refractivity contribution in [1.29, 1.82) is 0 Å². The number of hydrogen-bond acceptors (Lipinski definition) is 3. The van der Waals surface area contributed by atoms with E-state index in [0.29, 0.717) is 11.6 Å². The van der Waals surface area contributed by atoms with Crippen LogP contribution in [0.3, 0.4) is 0 Å². The van der Waals surface area contributed by atoms with Gasteiger partial charge in [-0.25, -0.2) is 4.98 Å². The van der Waals surface area contributed by atoms with Gasteiger partial charge in [0.1, 0.15) is 0 Å². The maximum Gasteiger partial charge on any atom is 0.287 e. The third kappa shape index (κ3) is 2.12. The lowest BCUT2D eigenvalue weighted by Crippen LogP contribution is -2.30. The highest BCUT2D eigenvalue weighted by Crippen LogP contribution is 2.17. The van der Waals surface area contributed by atoms with Gasteiger partial charge >= 0.3 is 0 Å². The predicted octanol–water partition coefficient (Wildman–Crippen LogP) is 2.81. The first-order valence-electron chi connectivity index (χ1n) is 5.09. The predicted molar refractivity (Wildman–Crippen MR) is 65.9 cm³/mol. The summed E-state index contributed by atoms with van der Waals surface area (Å²) >= 11 is 1.37. The molecule has 2 rings (SSSR count). The molecule has 0 aliphatic heterocycles. The van der Waals surface area contributed by atoms with E-state index in [2.05, 4.69) is 4.98 Å². The number of thiazole rings is 1. The molecule has 2 aromatic rings. The van der Waals surface area contributed by atoms with Crippen LogP contribution >= 0.6 is 11.3 Å². The Morgan fingerprint density at radius 1 is 1.38 bits per heavy atom. The van der Waals surface area contributed by atoms with Crippen LogP contribution in [0.25, 0.3) is 0 Å². The SMILES string of the molecule is CCN(C(=O)c1nccs1)c1ccccc1. The summed E-state index contributed by atoms with van der Waals surface area (Å²) in [6, 6.07) is 9.63. The van der Waals surface area contributed by atoms with Gasteiger partial charge in [0.25, 0.3) is 5.91 Å². The van der Waals surface area contributed by atoms with E-state index in [0.717, 1.165) is 5.69 Å². The lowest BCUT2D eigenvalue weighted by molar-refractivity contribution is 0.0988. The van der Waals surface area contributed by atoms with Crippen molar-refractivity contribution in [3.8, 4) is 0 Å². The molecule has 0 unspecified atom stereocenters. The summed E-state index contributed by atoms with van der Waals surface area (Å²) in [6.45, 7) is 2.60. The molecule has 4 heteroatoms. The average molecular weight is 232 g/mol. The van der Waals surface area contributed by atoms with Crippen molar-refractivity contribution >= 4 is 22.9 Å². The fourth-order valence-corrected chi connectivity index (χ4v) is 2.08. The Morgan fingerprint density at radius 2 is 2.12 bits per heavy atom. The summed E-state index contributed by atoms with van der Waals surface area (Å²) in [4.78, 5) is 17.9. The van der Waals surface area contributed by atoms with E-state index in [4.69, 9.17) is 0 Å². The zero-order valence-electron chi connectivity index (χ0n) is 8.96. The summed E-state index contributed by atoms with van der Waals surface area (Å²) < 4.78 is 0. The molecule has 1 amide bonds. The molecule has 1 aromatic heterocycles. The van der Waals surface area contributed by atoms with Crippen molar-refractivity contribution < 1.29 is 4.79 Å². The van der Waals surface area contributed by atoms with Crippen LogP contribution in [0.2, 0.25) is 0 Å². The average Bonchev–Trinajstić information content (AvgIpc) is 2.85. The number of benzene rings is 1. The summed E-state index contributed by atoms with van der Waals surface area (Å²) in [5.41, 5.74) is 0.908. The van der Waals surface area contributed by atoms with Gasteiger partial charge in [0.2, 0.25) is 0 Å². The Labute approximate surface area is 98.4 Å². The molecule has 16 heavy (non-hydrogen) atoms. The zero-order chi connectivity index (χ0) is 11.4. The minimum atomic E-state index is -0.0382.